The minimum absolute atomic E-state index is 0.0437. The van der Waals surface area contributed by atoms with Gasteiger partial charge in [-0.15, -0.1) is 0 Å². The van der Waals surface area contributed by atoms with E-state index in [0.717, 1.165) is 5.57 Å². The van der Waals surface area contributed by atoms with E-state index >= 15 is 0 Å². The Morgan fingerprint density at radius 2 is 1.58 bits per heavy atom. The fourth-order valence-electron chi connectivity index (χ4n) is 12.3. The molecule has 6 aliphatic rings. The molecule has 6 rings (SSSR count). The van der Waals surface area contributed by atoms with E-state index in [-0.39, 0.29) is 24.2 Å². The molecule has 8 N–H and O–H groups in total. The summed E-state index contributed by atoms with van der Waals surface area (Å²) in [5.41, 5.74) is -4.57. The van der Waals surface area contributed by atoms with Gasteiger partial charge in [0.05, 0.1) is 35.2 Å². The molecule has 1 heterocycles. The van der Waals surface area contributed by atoms with Crippen molar-refractivity contribution >= 4 is 11.9 Å². The first-order valence-corrected chi connectivity index (χ1v) is 17.7. The first kappa shape index (κ1) is 36.2. The number of carboxylic acids is 1. The second-order valence-corrected chi connectivity index (χ2v) is 17.5. The van der Waals surface area contributed by atoms with Crippen molar-refractivity contribution in [1.29, 1.82) is 0 Å². The molecule has 4 saturated carbocycles. The van der Waals surface area contributed by atoms with Crippen LogP contribution < -0.4 is 0 Å². The van der Waals surface area contributed by atoms with Crippen LogP contribution in [-0.2, 0) is 19.1 Å². The third-order valence-corrected chi connectivity index (χ3v) is 15.6. The van der Waals surface area contributed by atoms with Crippen LogP contribution in [-0.4, -0.2) is 108 Å². The third-order valence-electron chi connectivity index (χ3n) is 15.6. The highest BCUT2D eigenvalue weighted by Crippen LogP contribution is 2.76. The number of carboxylic acid groups (broad SMARTS) is 1. The first-order chi connectivity index (χ1) is 22.2. The summed E-state index contributed by atoms with van der Waals surface area (Å²) in [7, 11) is 0. The maximum absolute atomic E-state index is 14.5. The maximum atomic E-state index is 14.5. The SMILES string of the molecule is C[C@@H]1CC[C@]2(C(=O)O[C@@H]3O[C@H](CO)[C@@H](O)[C@H](O)[C@H]3O)CC[C@]3(C)C(=CCC4[C@@]5(C)C[C@@H](O)[C@H](O)[C@](C)(C(=O)O)C5CC[C@]43C)[C@@H]2[C@]1(C)O. The van der Waals surface area contributed by atoms with Crippen LogP contribution >= 0.6 is 0 Å². The van der Waals surface area contributed by atoms with Crippen molar-refractivity contribution in [3.05, 3.63) is 11.6 Å². The van der Waals surface area contributed by atoms with Crippen molar-refractivity contribution in [2.75, 3.05) is 6.61 Å². The monoisotopic (exact) mass is 680 g/mol. The first-order valence-electron chi connectivity index (χ1n) is 17.7. The summed E-state index contributed by atoms with van der Waals surface area (Å²) in [5, 5.41) is 85.9. The van der Waals surface area contributed by atoms with Crippen LogP contribution in [0, 0.1) is 50.7 Å². The zero-order chi connectivity index (χ0) is 35.6. The number of aliphatic hydroxyl groups excluding tert-OH is 6. The number of fused-ring (bicyclic) bond motifs is 7. The Hall–Kier alpha value is -1.64. The largest absolute Gasteiger partial charge is 0.481 e. The molecular weight excluding hydrogens is 624 g/mol. The summed E-state index contributed by atoms with van der Waals surface area (Å²) in [6.07, 6.45) is -4.43. The topological polar surface area (TPSA) is 214 Å². The zero-order valence-corrected chi connectivity index (χ0v) is 29.0. The molecule has 0 spiro atoms. The standard InChI is InChI=1S/C36H56O12/c1-17-9-12-36(30(45)48-28-25(41)24(40)23(39)20(16-37)47-28)14-13-32(3)18(26(36)35(17,6)46)7-8-21-31(2)15-19(38)27(42)34(5,29(43)44)22(31)10-11-33(21,32)4/h7,17,19-28,37-42,46H,8-16H2,1-6H3,(H,43,44)/t17-,19-,20-,21?,22?,23-,24+,25-,26-,27+,28+,31-,32-,33-,34-,35-,36+/m1/s1. The molecule has 5 aliphatic carbocycles. The van der Waals surface area contributed by atoms with E-state index in [0.29, 0.717) is 44.9 Å². The minimum Gasteiger partial charge on any atom is -0.481 e. The van der Waals surface area contributed by atoms with Gasteiger partial charge in [-0.2, -0.15) is 0 Å². The van der Waals surface area contributed by atoms with E-state index < -0.39 is 100 Å². The number of allylic oxidation sites excluding steroid dienone is 1. The summed E-state index contributed by atoms with van der Waals surface area (Å²) < 4.78 is 11.4. The van der Waals surface area contributed by atoms with Crippen molar-refractivity contribution in [2.45, 2.75) is 141 Å². The van der Waals surface area contributed by atoms with Crippen molar-refractivity contribution in [3.8, 4) is 0 Å². The van der Waals surface area contributed by atoms with Gasteiger partial charge in [0.15, 0.2) is 0 Å². The molecule has 1 saturated heterocycles. The van der Waals surface area contributed by atoms with Crippen LogP contribution in [0.3, 0.4) is 0 Å². The zero-order valence-electron chi connectivity index (χ0n) is 29.0. The van der Waals surface area contributed by atoms with Crippen molar-refractivity contribution in [3.63, 3.8) is 0 Å². The van der Waals surface area contributed by atoms with Gasteiger partial charge in [0.25, 0.3) is 0 Å². The predicted octanol–water partition coefficient (Wildman–Crippen LogP) is 1.50. The highest BCUT2D eigenvalue weighted by atomic mass is 16.7. The van der Waals surface area contributed by atoms with Gasteiger partial charge in [0, 0.05) is 5.92 Å². The molecule has 48 heavy (non-hydrogen) atoms. The van der Waals surface area contributed by atoms with Crippen LogP contribution in [0.15, 0.2) is 11.6 Å². The van der Waals surface area contributed by atoms with E-state index in [2.05, 4.69) is 26.8 Å². The Balaban J connectivity index is 1.41. The fraction of sp³-hybridized carbons (Fsp3) is 0.889. The lowest BCUT2D eigenvalue weighted by molar-refractivity contribution is -0.299. The Bertz CT molecular complexity index is 1350. The number of hydrogen-bond acceptors (Lipinski definition) is 11. The number of ether oxygens (including phenoxy) is 2. The third kappa shape index (κ3) is 4.49. The Labute approximate surface area is 282 Å². The van der Waals surface area contributed by atoms with E-state index in [1.54, 1.807) is 13.8 Å². The number of carbonyl (C=O) groups is 2. The Kier molecular flexibility index (Phi) is 8.61. The van der Waals surface area contributed by atoms with Gasteiger partial charge in [-0.1, -0.05) is 39.3 Å². The van der Waals surface area contributed by atoms with Gasteiger partial charge in [0.2, 0.25) is 6.29 Å². The normalized spacial score (nSPS) is 56.4. The molecule has 0 aromatic rings. The quantitative estimate of drug-likeness (QED) is 0.157. The summed E-state index contributed by atoms with van der Waals surface area (Å²) in [4.78, 5) is 27.2. The molecule has 0 aromatic carbocycles. The van der Waals surface area contributed by atoms with Crippen LogP contribution in [0.2, 0.25) is 0 Å². The molecule has 12 nitrogen and oxygen atoms in total. The number of esters is 1. The molecule has 1 aliphatic heterocycles. The van der Waals surface area contributed by atoms with E-state index in [4.69, 9.17) is 9.47 Å². The maximum Gasteiger partial charge on any atom is 0.315 e. The van der Waals surface area contributed by atoms with Crippen molar-refractivity contribution < 1.29 is 59.9 Å². The predicted molar refractivity (Wildman–Crippen MR) is 170 cm³/mol. The average Bonchev–Trinajstić information content (AvgIpc) is 3.02. The number of aliphatic carboxylic acids is 1. The number of hydrogen-bond donors (Lipinski definition) is 8. The van der Waals surface area contributed by atoms with Crippen molar-refractivity contribution in [2.24, 2.45) is 50.7 Å². The van der Waals surface area contributed by atoms with Crippen LogP contribution in [0.4, 0.5) is 0 Å². The molecule has 2 unspecified atom stereocenters. The van der Waals surface area contributed by atoms with Gasteiger partial charge in [-0.05, 0) is 99.2 Å². The molecule has 5 fully saturated rings. The number of aliphatic hydroxyl groups is 7. The van der Waals surface area contributed by atoms with Crippen LogP contribution in [0.25, 0.3) is 0 Å². The Morgan fingerprint density at radius 3 is 2.21 bits per heavy atom. The number of carbonyl (C=O) groups excluding carboxylic acids is 1. The minimum atomic E-state index is -1.75. The average molecular weight is 681 g/mol. The van der Waals surface area contributed by atoms with Crippen LogP contribution in [0.5, 0.6) is 0 Å². The lowest BCUT2D eigenvalue weighted by Crippen LogP contribution is -2.70. The summed E-state index contributed by atoms with van der Waals surface area (Å²) in [5.74, 6) is -3.01. The smallest absolute Gasteiger partial charge is 0.315 e. The van der Waals surface area contributed by atoms with Gasteiger partial charge < -0.3 is 50.3 Å². The van der Waals surface area contributed by atoms with Gasteiger partial charge in [0.1, 0.15) is 24.4 Å². The van der Waals surface area contributed by atoms with Crippen LogP contribution in [0.1, 0.15) is 92.9 Å². The molecule has 17 atom stereocenters. The lowest BCUT2D eigenvalue weighted by Gasteiger charge is -2.71. The van der Waals surface area contributed by atoms with Crippen molar-refractivity contribution in [1.82, 2.24) is 0 Å². The summed E-state index contributed by atoms with van der Waals surface area (Å²) in [6, 6.07) is 0. The fourth-order valence-corrected chi connectivity index (χ4v) is 12.3. The van der Waals surface area contributed by atoms with E-state index in [1.807, 2.05) is 6.92 Å². The molecule has 0 bridgehead atoms. The second-order valence-electron chi connectivity index (χ2n) is 17.5. The molecule has 0 radical (unpaired) electrons. The highest BCUT2D eigenvalue weighted by molar-refractivity contribution is 5.79. The Morgan fingerprint density at radius 1 is 0.917 bits per heavy atom. The second kappa shape index (κ2) is 11.4. The summed E-state index contributed by atoms with van der Waals surface area (Å²) in [6.45, 7) is 11.2. The highest BCUT2D eigenvalue weighted by Gasteiger charge is 2.73. The lowest BCUT2D eigenvalue weighted by atomic mass is 9.33. The summed E-state index contributed by atoms with van der Waals surface area (Å²) >= 11 is 0. The van der Waals surface area contributed by atoms with E-state index in [9.17, 15) is 50.4 Å². The van der Waals surface area contributed by atoms with E-state index in [1.165, 1.54) is 0 Å². The van der Waals surface area contributed by atoms with Gasteiger partial charge >= 0.3 is 11.9 Å². The van der Waals surface area contributed by atoms with Gasteiger partial charge in [-0.25, -0.2) is 0 Å². The molecule has 12 heteroatoms. The molecule has 0 aromatic heterocycles. The molecule has 272 valence electrons. The molecule has 0 amide bonds. The molecular formula is C36H56O12. The van der Waals surface area contributed by atoms with Gasteiger partial charge in [-0.3, -0.25) is 9.59 Å². The number of rotatable bonds is 4.